The van der Waals surface area contributed by atoms with Crippen LogP contribution in [-0.4, -0.2) is 17.5 Å². The van der Waals surface area contributed by atoms with Crippen LogP contribution in [0.4, 0.5) is 0 Å². The van der Waals surface area contributed by atoms with Crippen molar-refractivity contribution in [3.8, 4) is 0 Å². The standard InChI is InChI=1S/C11H22O2/c1-3-4-8-11(13)10(2)7-5-6-9-12/h9-11,13H,3-8H2,1-2H3. The summed E-state index contributed by atoms with van der Waals surface area (Å²) in [6.45, 7) is 4.19. The molecule has 0 saturated carbocycles. The summed E-state index contributed by atoms with van der Waals surface area (Å²) < 4.78 is 0. The van der Waals surface area contributed by atoms with Gasteiger partial charge in [0.2, 0.25) is 0 Å². The highest BCUT2D eigenvalue weighted by atomic mass is 16.3. The second kappa shape index (κ2) is 8.24. The number of aldehydes is 1. The van der Waals surface area contributed by atoms with E-state index in [1.807, 2.05) is 0 Å². The van der Waals surface area contributed by atoms with Crippen molar-refractivity contribution in [2.75, 3.05) is 0 Å². The number of carbonyl (C=O) groups excluding carboxylic acids is 1. The van der Waals surface area contributed by atoms with Gasteiger partial charge in [-0.15, -0.1) is 0 Å². The molecule has 0 bridgehead atoms. The van der Waals surface area contributed by atoms with Gasteiger partial charge in [-0.3, -0.25) is 0 Å². The molecule has 2 heteroatoms. The molecule has 1 N–H and O–H groups in total. The molecule has 0 aromatic rings. The molecular weight excluding hydrogens is 164 g/mol. The lowest BCUT2D eigenvalue weighted by molar-refractivity contribution is -0.108. The van der Waals surface area contributed by atoms with Crippen molar-refractivity contribution in [2.24, 2.45) is 5.92 Å². The van der Waals surface area contributed by atoms with Crippen LogP contribution in [0.3, 0.4) is 0 Å². The lowest BCUT2D eigenvalue weighted by atomic mass is 9.94. The van der Waals surface area contributed by atoms with Crippen molar-refractivity contribution in [3.05, 3.63) is 0 Å². The fourth-order valence-electron chi connectivity index (χ4n) is 1.41. The fraction of sp³-hybridized carbons (Fsp3) is 0.909. The Kier molecular flexibility index (Phi) is 8.00. The summed E-state index contributed by atoms with van der Waals surface area (Å²) in [7, 11) is 0. The van der Waals surface area contributed by atoms with Gasteiger partial charge in [0, 0.05) is 6.42 Å². The van der Waals surface area contributed by atoms with Gasteiger partial charge in [0.05, 0.1) is 6.10 Å². The van der Waals surface area contributed by atoms with E-state index in [0.29, 0.717) is 12.3 Å². The summed E-state index contributed by atoms with van der Waals surface area (Å²) in [4.78, 5) is 10.1. The molecular formula is C11H22O2. The minimum atomic E-state index is -0.174. The minimum absolute atomic E-state index is 0.174. The first-order valence-electron chi connectivity index (χ1n) is 5.34. The number of unbranched alkanes of at least 4 members (excludes halogenated alkanes) is 2. The van der Waals surface area contributed by atoms with Crippen molar-refractivity contribution in [3.63, 3.8) is 0 Å². The summed E-state index contributed by atoms with van der Waals surface area (Å²) in [5.41, 5.74) is 0. The maximum atomic E-state index is 10.1. The van der Waals surface area contributed by atoms with Crippen LogP contribution in [0, 0.1) is 5.92 Å². The van der Waals surface area contributed by atoms with Crippen LogP contribution >= 0.6 is 0 Å². The second-order valence-corrected chi connectivity index (χ2v) is 3.78. The Morgan fingerprint density at radius 1 is 1.31 bits per heavy atom. The molecule has 0 saturated heterocycles. The average Bonchev–Trinajstić information content (AvgIpc) is 2.14. The van der Waals surface area contributed by atoms with Crippen LogP contribution in [0.15, 0.2) is 0 Å². The highest BCUT2D eigenvalue weighted by Crippen LogP contribution is 2.16. The Morgan fingerprint density at radius 2 is 2.00 bits per heavy atom. The molecule has 0 fully saturated rings. The largest absolute Gasteiger partial charge is 0.393 e. The van der Waals surface area contributed by atoms with E-state index in [1.54, 1.807) is 0 Å². The number of aliphatic hydroxyl groups excluding tert-OH is 1. The molecule has 0 aromatic carbocycles. The molecule has 0 spiro atoms. The maximum Gasteiger partial charge on any atom is 0.119 e. The zero-order chi connectivity index (χ0) is 10.1. The van der Waals surface area contributed by atoms with Crippen molar-refractivity contribution < 1.29 is 9.90 Å². The van der Waals surface area contributed by atoms with Crippen molar-refractivity contribution >= 4 is 6.29 Å². The lowest BCUT2D eigenvalue weighted by Gasteiger charge is -2.17. The van der Waals surface area contributed by atoms with Gasteiger partial charge in [0.15, 0.2) is 0 Å². The van der Waals surface area contributed by atoms with Gasteiger partial charge in [-0.1, -0.05) is 26.7 Å². The molecule has 2 unspecified atom stereocenters. The minimum Gasteiger partial charge on any atom is -0.393 e. The number of rotatable bonds is 8. The Bertz CT molecular complexity index is 123. The third-order valence-corrected chi connectivity index (χ3v) is 2.49. The van der Waals surface area contributed by atoms with Crippen molar-refractivity contribution in [2.45, 2.75) is 58.5 Å². The Labute approximate surface area is 81.3 Å². The SMILES string of the molecule is CCCCC(O)C(C)CCCC=O. The summed E-state index contributed by atoms with van der Waals surface area (Å²) in [6, 6.07) is 0. The number of carbonyl (C=O) groups is 1. The van der Waals surface area contributed by atoms with Gasteiger partial charge in [0.25, 0.3) is 0 Å². The van der Waals surface area contributed by atoms with E-state index in [0.717, 1.165) is 38.4 Å². The lowest BCUT2D eigenvalue weighted by Crippen LogP contribution is -2.17. The Morgan fingerprint density at radius 3 is 2.54 bits per heavy atom. The summed E-state index contributed by atoms with van der Waals surface area (Å²) in [5, 5.41) is 9.66. The number of hydrogen-bond acceptors (Lipinski definition) is 2. The fourth-order valence-corrected chi connectivity index (χ4v) is 1.41. The van der Waals surface area contributed by atoms with E-state index in [9.17, 15) is 9.90 Å². The molecule has 0 aliphatic carbocycles. The van der Waals surface area contributed by atoms with Crippen LogP contribution in [0.1, 0.15) is 52.4 Å². The molecule has 0 aliphatic rings. The molecule has 13 heavy (non-hydrogen) atoms. The smallest absolute Gasteiger partial charge is 0.119 e. The molecule has 2 atom stereocenters. The van der Waals surface area contributed by atoms with Gasteiger partial charge in [-0.25, -0.2) is 0 Å². The average molecular weight is 186 g/mol. The molecule has 0 heterocycles. The molecule has 0 aromatic heterocycles. The van der Waals surface area contributed by atoms with Crippen LogP contribution in [0.5, 0.6) is 0 Å². The quantitative estimate of drug-likeness (QED) is 0.467. The Hall–Kier alpha value is -0.370. The van der Waals surface area contributed by atoms with Crippen LogP contribution in [0.2, 0.25) is 0 Å². The predicted octanol–water partition coefficient (Wildman–Crippen LogP) is 2.54. The van der Waals surface area contributed by atoms with Gasteiger partial charge >= 0.3 is 0 Å². The highest BCUT2D eigenvalue weighted by molar-refractivity contribution is 5.48. The molecule has 0 radical (unpaired) electrons. The maximum absolute atomic E-state index is 10.1. The molecule has 0 amide bonds. The third kappa shape index (κ3) is 6.76. The monoisotopic (exact) mass is 186 g/mol. The summed E-state index contributed by atoms with van der Waals surface area (Å²) in [5.74, 6) is 0.339. The summed E-state index contributed by atoms with van der Waals surface area (Å²) >= 11 is 0. The van der Waals surface area contributed by atoms with Gasteiger partial charge in [0.1, 0.15) is 6.29 Å². The first kappa shape index (κ1) is 12.6. The number of hydrogen-bond donors (Lipinski definition) is 1. The van der Waals surface area contributed by atoms with Crippen molar-refractivity contribution in [1.82, 2.24) is 0 Å². The topological polar surface area (TPSA) is 37.3 Å². The molecule has 0 aliphatic heterocycles. The van der Waals surface area contributed by atoms with Crippen LogP contribution in [-0.2, 0) is 4.79 Å². The molecule has 2 nitrogen and oxygen atoms in total. The van der Waals surface area contributed by atoms with Crippen LogP contribution in [0.25, 0.3) is 0 Å². The van der Waals surface area contributed by atoms with E-state index in [-0.39, 0.29) is 6.10 Å². The zero-order valence-corrected chi connectivity index (χ0v) is 8.83. The van der Waals surface area contributed by atoms with E-state index in [1.165, 1.54) is 0 Å². The summed E-state index contributed by atoms with van der Waals surface area (Å²) in [6.07, 6.45) is 6.41. The predicted molar refractivity (Wildman–Crippen MR) is 54.6 cm³/mol. The van der Waals surface area contributed by atoms with E-state index in [2.05, 4.69) is 13.8 Å². The second-order valence-electron chi connectivity index (χ2n) is 3.78. The molecule has 0 rings (SSSR count). The van der Waals surface area contributed by atoms with E-state index in [4.69, 9.17) is 0 Å². The van der Waals surface area contributed by atoms with Crippen LogP contribution < -0.4 is 0 Å². The van der Waals surface area contributed by atoms with Gasteiger partial charge in [-0.05, 0) is 25.2 Å². The Balaban J connectivity index is 3.43. The van der Waals surface area contributed by atoms with Gasteiger partial charge < -0.3 is 9.90 Å². The first-order valence-corrected chi connectivity index (χ1v) is 5.34. The van der Waals surface area contributed by atoms with Gasteiger partial charge in [-0.2, -0.15) is 0 Å². The first-order chi connectivity index (χ1) is 6.22. The number of aliphatic hydroxyl groups is 1. The van der Waals surface area contributed by atoms with E-state index < -0.39 is 0 Å². The zero-order valence-electron chi connectivity index (χ0n) is 8.83. The third-order valence-electron chi connectivity index (χ3n) is 2.49. The molecule has 78 valence electrons. The highest BCUT2D eigenvalue weighted by Gasteiger charge is 2.12. The van der Waals surface area contributed by atoms with Crippen molar-refractivity contribution in [1.29, 1.82) is 0 Å². The normalized spacial score (nSPS) is 15.3. The van der Waals surface area contributed by atoms with E-state index >= 15 is 0 Å².